The van der Waals surface area contributed by atoms with Crippen molar-refractivity contribution < 1.29 is 4.74 Å². The van der Waals surface area contributed by atoms with Crippen LogP contribution in [0.15, 0.2) is 30.3 Å². The maximum Gasteiger partial charge on any atom is 0.126 e. The van der Waals surface area contributed by atoms with Gasteiger partial charge in [-0.15, -0.1) is 0 Å². The number of hydrogen-bond donors (Lipinski definition) is 2. The van der Waals surface area contributed by atoms with Gasteiger partial charge in [0.05, 0.1) is 11.1 Å². The van der Waals surface area contributed by atoms with Crippen molar-refractivity contribution in [1.29, 1.82) is 0 Å². The predicted molar refractivity (Wildman–Crippen MR) is 78.2 cm³/mol. The van der Waals surface area contributed by atoms with Crippen molar-refractivity contribution in [3.63, 3.8) is 0 Å². The topological polar surface area (TPSA) is 60.2 Å². The second kappa shape index (κ2) is 4.70. The number of fused-ring (bicyclic) bond motifs is 1. The molecule has 2 heterocycles. The monoisotopic (exact) mass is 257 g/mol. The number of hydrogen-bond acceptors (Lipinski definition) is 4. The second-order valence-corrected chi connectivity index (χ2v) is 5.40. The third kappa shape index (κ3) is 2.63. The molecule has 1 aromatic heterocycles. The van der Waals surface area contributed by atoms with Crippen LogP contribution in [-0.2, 0) is 4.74 Å². The third-order valence-corrected chi connectivity index (χ3v) is 3.66. The Morgan fingerprint density at radius 3 is 3.05 bits per heavy atom. The molecule has 0 amide bonds. The van der Waals surface area contributed by atoms with Crippen LogP contribution in [0.2, 0.25) is 0 Å². The van der Waals surface area contributed by atoms with Gasteiger partial charge in [0.1, 0.15) is 5.82 Å². The highest BCUT2D eigenvalue weighted by Gasteiger charge is 2.29. The van der Waals surface area contributed by atoms with Gasteiger partial charge in [-0.3, -0.25) is 0 Å². The molecule has 1 aliphatic heterocycles. The number of ether oxygens (including phenoxy) is 1. The Kier molecular flexibility index (Phi) is 3.03. The molecule has 0 bridgehead atoms. The van der Waals surface area contributed by atoms with Gasteiger partial charge in [-0.25, -0.2) is 4.98 Å². The van der Waals surface area contributed by atoms with Crippen LogP contribution in [0.25, 0.3) is 10.9 Å². The van der Waals surface area contributed by atoms with Gasteiger partial charge in [0.25, 0.3) is 0 Å². The molecule has 1 fully saturated rings. The highest BCUT2D eigenvalue weighted by molar-refractivity contribution is 5.83. The molecular weight excluding hydrogens is 238 g/mol. The predicted octanol–water partition coefficient (Wildman–Crippen LogP) is 2.80. The van der Waals surface area contributed by atoms with Crippen LogP contribution in [0, 0.1) is 0 Å². The van der Waals surface area contributed by atoms with Crippen molar-refractivity contribution in [1.82, 2.24) is 4.98 Å². The quantitative estimate of drug-likeness (QED) is 0.830. The number of nitrogens with one attached hydrogen (secondary N) is 1. The van der Waals surface area contributed by atoms with E-state index in [2.05, 4.69) is 17.2 Å². The fourth-order valence-corrected chi connectivity index (χ4v) is 2.50. The van der Waals surface area contributed by atoms with Crippen LogP contribution in [0.5, 0.6) is 0 Å². The van der Waals surface area contributed by atoms with Crippen molar-refractivity contribution in [2.45, 2.75) is 25.4 Å². The summed E-state index contributed by atoms with van der Waals surface area (Å²) >= 11 is 0. The first-order chi connectivity index (χ1) is 9.15. The number of nitrogen functional groups attached to an aromatic ring is 1. The Labute approximate surface area is 113 Å². The molecule has 1 saturated heterocycles. The highest BCUT2D eigenvalue weighted by Crippen LogP contribution is 2.25. The zero-order valence-corrected chi connectivity index (χ0v) is 11.1. The summed E-state index contributed by atoms with van der Waals surface area (Å²) in [5, 5.41) is 4.43. The van der Waals surface area contributed by atoms with Gasteiger partial charge in [-0.05, 0) is 50.1 Å². The van der Waals surface area contributed by atoms with E-state index in [1.807, 2.05) is 30.3 Å². The molecule has 0 radical (unpaired) electrons. The number of rotatable bonds is 3. The number of nitrogens with zero attached hydrogens (tertiary/aromatic N) is 1. The Morgan fingerprint density at radius 1 is 1.37 bits per heavy atom. The summed E-state index contributed by atoms with van der Waals surface area (Å²) in [4.78, 5) is 4.59. The lowest BCUT2D eigenvalue weighted by atomic mass is 10.0. The summed E-state index contributed by atoms with van der Waals surface area (Å²) in [5.41, 5.74) is 7.42. The molecule has 1 atom stereocenters. The van der Waals surface area contributed by atoms with E-state index in [1.54, 1.807) is 0 Å². The summed E-state index contributed by atoms with van der Waals surface area (Å²) in [6.45, 7) is 3.80. The molecular formula is C15H19N3O. The summed E-state index contributed by atoms with van der Waals surface area (Å²) in [5.74, 6) is 0.883. The molecule has 0 aliphatic carbocycles. The summed E-state index contributed by atoms with van der Waals surface area (Å²) in [7, 11) is 0. The van der Waals surface area contributed by atoms with Gasteiger partial charge in [0.2, 0.25) is 0 Å². The zero-order valence-electron chi connectivity index (χ0n) is 11.1. The number of anilines is 2. The molecule has 2 aromatic rings. The molecule has 1 aliphatic rings. The molecule has 1 unspecified atom stereocenters. The Morgan fingerprint density at radius 2 is 2.26 bits per heavy atom. The zero-order chi connectivity index (χ0) is 13.3. The van der Waals surface area contributed by atoms with Crippen LogP contribution in [0.1, 0.15) is 19.8 Å². The summed E-state index contributed by atoms with van der Waals surface area (Å²) < 4.78 is 5.76. The van der Waals surface area contributed by atoms with Crippen molar-refractivity contribution in [2.24, 2.45) is 0 Å². The van der Waals surface area contributed by atoms with Gasteiger partial charge >= 0.3 is 0 Å². The Hall–Kier alpha value is -1.81. The van der Waals surface area contributed by atoms with Gasteiger partial charge in [-0.1, -0.05) is 0 Å². The first-order valence-electron chi connectivity index (χ1n) is 6.69. The van der Waals surface area contributed by atoms with Crippen molar-refractivity contribution in [3.05, 3.63) is 30.3 Å². The van der Waals surface area contributed by atoms with Gasteiger partial charge in [-0.2, -0.15) is 0 Å². The number of pyridine rings is 1. The van der Waals surface area contributed by atoms with E-state index in [1.165, 1.54) is 0 Å². The molecule has 19 heavy (non-hydrogen) atoms. The normalized spacial score (nSPS) is 22.8. The first-order valence-corrected chi connectivity index (χ1v) is 6.69. The lowest BCUT2D eigenvalue weighted by Gasteiger charge is -2.23. The average molecular weight is 257 g/mol. The van der Waals surface area contributed by atoms with E-state index in [0.717, 1.165) is 48.4 Å². The first kappa shape index (κ1) is 12.2. The van der Waals surface area contributed by atoms with Gasteiger partial charge in [0, 0.05) is 24.2 Å². The fourth-order valence-electron chi connectivity index (χ4n) is 2.50. The lowest BCUT2D eigenvalue weighted by molar-refractivity contribution is 0.0315. The van der Waals surface area contributed by atoms with Crippen LogP contribution in [-0.4, -0.2) is 23.7 Å². The maximum absolute atomic E-state index is 5.76. The Bertz CT molecular complexity index is 591. The molecule has 0 spiro atoms. The van der Waals surface area contributed by atoms with E-state index in [9.17, 15) is 0 Å². The van der Waals surface area contributed by atoms with Crippen molar-refractivity contribution in [2.75, 3.05) is 24.2 Å². The van der Waals surface area contributed by atoms with Crippen molar-refractivity contribution in [3.8, 4) is 0 Å². The minimum atomic E-state index is -0.0578. The Balaban J connectivity index is 1.76. The summed E-state index contributed by atoms with van der Waals surface area (Å²) in [6, 6.07) is 9.79. The van der Waals surface area contributed by atoms with Gasteiger partial charge < -0.3 is 15.8 Å². The van der Waals surface area contributed by atoms with E-state index in [4.69, 9.17) is 10.5 Å². The number of benzene rings is 1. The van der Waals surface area contributed by atoms with E-state index < -0.39 is 0 Å². The van der Waals surface area contributed by atoms with Gasteiger partial charge in [0.15, 0.2) is 0 Å². The summed E-state index contributed by atoms with van der Waals surface area (Å²) in [6.07, 6.45) is 2.24. The largest absolute Gasteiger partial charge is 0.399 e. The van der Waals surface area contributed by atoms with Crippen LogP contribution >= 0.6 is 0 Å². The molecule has 4 nitrogen and oxygen atoms in total. The molecule has 3 rings (SSSR count). The fraction of sp³-hybridized carbons (Fsp3) is 0.400. The average Bonchev–Trinajstić information content (AvgIpc) is 2.84. The smallest absolute Gasteiger partial charge is 0.126 e. The van der Waals surface area contributed by atoms with Crippen LogP contribution < -0.4 is 11.1 Å². The third-order valence-electron chi connectivity index (χ3n) is 3.66. The van der Waals surface area contributed by atoms with E-state index in [-0.39, 0.29) is 5.60 Å². The minimum Gasteiger partial charge on any atom is -0.399 e. The molecule has 1 aromatic carbocycles. The molecule has 0 saturated carbocycles. The molecule has 4 heteroatoms. The molecule has 3 N–H and O–H groups in total. The molecule has 100 valence electrons. The highest BCUT2D eigenvalue weighted by atomic mass is 16.5. The SMILES string of the molecule is CC1(CNc2ccc3cc(N)ccc3n2)CCCO1. The number of aromatic nitrogens is 1. The standard InChI is InChI=1S/C15H19N3O/c1-15(7-2-8-19-15)10-17-14-6-3-11-9-12(16)4-5-13(11)18-14/h3-6,9H,2,7-8,10,16H2,1H3,(H,17,18). The van der Waals surface area contributed by atoms with E-state index >= 15 is 0 Å². The minimum absolute atomic E-state index is 0.0578. The van der Waals surface area contributed by atoms with E-state index in [0.29, 0.717) is 0 Å². The van der Waals surface area contributed by atoms with Crippen LogP contribution in [0.3, 0.4) is 0 Å². The van der Waals surface area contributed by atoms with Crippen molar-refractivity contribution >= 4 is 22.4 Å². The van der Waals surface area contributed by atoms with Crippen LogP contribution in [0.4, 0.5) is 11.5 Å². The number of nitrogens with two attached hydrogens (primary N) is 1. The second-order valence-electron chi connectivity index (χ2n) is 5.40. The maximum atomic E-state index is 5.76. The lowest BCUT2D eigenvalue weighted by Crippen LogP contribution is -2.32.